The topological polar surface area (TPSA) is 88.7 Å². The number of carbonyl (C=O) groups excluding carboxylic acids is 1. The number of hydrogen-bond acceptors (Lipinski definition) is 4. The summed E-state index contributed by atoms with van der Waals surface area (Å²) in [6, 6.07) is 15.1. The van der Waals surface area contributed by atoms with Gasteiger partial charge in [-0.05, 0) is 30.3 Å². The molecule has 0 aliphatic rings. The van der Waals surface area contributed by atoms with Crippen LogP contribution in [0.5, 0.6) is 0 Å². The molecule has 0 bridgehead atoms. The maximum atomic E-state index is 12.2. The van der Waals surface area contributed by atoms with Crippen LogP contribution in [0.2, 0.25) is 10.0 Å². The van der Waals surface area contributed by atoms with Gasteiger partial charge in [-0.3, -0.25) is 4.79 Å². The molecule has 2 N–H and O–H groups in total. The minimum atomic E-state index is -0.649. The lowest BCUT2D eigenvalue weighted by molar-refractivity contribution is -0.112. The molecule has 1 amide bonds. The molecule has 0 radical (unpaired) electrons. The third-order valence-electron chi connectivity index (χ3n) is 2.96. The van der Waals surface area contributed by atoms with Crippen LogP contribution in [-0.2, 0) is 4.79 Å². The minimum absolute atomic E-state index is 0.182. The summed E-state index contributed by atoms with van der Waals surface area (Å²) >= 11 is 11.8. The van der Waals surface area contributed by atoms with E-state index in [0.29, 0.717) is 27.0 Å². The summed E-state index contributed by atoms with van der Waals surface area (Å²) in [6.07, 6.45) is 1.23. The second-order valence-electron chi connectivity index (χ2n) is 4.55. The van der Waals surface area contributed by atoms with Crippen LogP contribution in [-0.4, -0.2) is 5.91 Å². The average molecular weight is 357 g/mol. The number of anilines is 2. The standard InChI is InChI=1S/C17H10Cl2N4O/c18-13-5-6-14(19)16(7-13)23-17(24)12(9-21)10-22-15-4-2-1-3-11(15)8-20/h1-7,10,22H,(H,23,24)/b12-10-. The maximum Gasteiger partial charge on any atom is 0.267 e. The lowest BCUT2D eigenvalue weighted by Crippen LogP contribution is -2.15. The molecule has 5 nitrogen and oxygen atoms in total. The van der Waals surface area contributed by atoms with Gasteiger partial charge in [-0.1, -0.05) is 35.3 Å². The van der Waals surface area contributed by atoms with E-state index >= 15 is 0 Å². The Bertz CT molecular complexity index is 894. The lowest BCUT2D eigenvalue weighted by atomic mass is 10.2. The first-order chi connectivity index (χ1) is 11.5. The van der Waals surface area contributed by atoms with Crippen molar-refractivity contribution < 1.29 is 4.79 Å². The van der Waals surface area contributed by atoms with Gasteiger partial charge in [0.1, 0.15) is 17.7 Å². The zero-order valence-corrected chi connectivity index (χ0v) is 13.7. The number of hydrogen-bond donors (Lipinski definition) is 2. The largest absolute Gasteiger partial charge is 0.359 e. The summed E-state index contributed by atoms with van der Waals surface area (Å²) in [5.41, 5.74) is 0.997. The number of carbonyl (C=O) groups is 1. The number of rotatable bonds is 4. The molecule has 0 aliphatic carbocycles. The summed E-state index contributed by atoms with van der Waals surface area (Å²) in [7, 11) is 0. The Hall–Kier alpha value is -2.99. The molecule has 7 heteroatoms. The molecule has 118 valence electrons. The summed E-state index contributed by atoms with van der Waals surface area (Å²) in [5, 5.41) is 24.2. The fourth-order valence-electron chi connectivity index (χ4n) is 1.79. The fourth-order valence-corrected chi connectivity index (χ4v) is 2.12. The van der Waals surface area contributed by atoms with Gasteiger partial charge >= 0.3 is 0 Å². The van der Waals surface area contributed by atoms with Crippen molar-refractivity contribution in [2.24, 2.45) is 0 Å². The monoisotopic (exact) mass is 356 g/mol. The molecular weight excluding hydrogens is 347 g/mol. The highest BCUT2D eigenvalue weighted by atomic mass is 35.5. The van der Waals surface area contributed by atoms with E-state index in [9.17, 15) is 4.79 Å². The number of nitriles is 2. The Balaban J connectivity index is 2.19. The van der Waals surface area contributed by atoms with Crippen LogP contribution in [0.4, 0.5) is 11.4 Å². The second-order valence-corrected chi connectivity index (χ2v) is 5.39. The molecule has 0 saturated heterocycles. The number of halogens is 2. The Kier molecular flexibility index (Phi) is 5.81. The zero-order chi connectivity index (χ0) is 17.5. The quantitative estimate of drug-likeness (QED) is 0.630. The van der Waals surface area contributed by atoms with Crippen molar-refractivity contribution in [1.82, 2.24) is 0 Å². The lowest BCUT2D eigenvalue weighted by Gasteiger charge is -2.08. The summed E-state index contributed by atoms with van der Waals surface area (Å²) in [4.78, 5) is 12.2. The summed E-state index contributed by atoms with van der Waals surface area (Å²) in [6.45, 7) is 0. The number of para-hydroxylation sites is 1. The molecule has 0 saturated carbocycles. The van der Waals surface area contributed by atoms with Crippen molar-refractivity contribution in [3.05, 3.63) is 69.8 Å². The predicted octanol–water partition coefficient (Wildman–Crippen LogP) is 4.32. The normalized spacial score (nSPS) is 10.4. The van der Waals surface area contributed by atoms with E-state index in [4.69, 9.17) is 33.7 Å². The highest BCUT2D eigenvalue weighted by Crippen LogP contribution is 2.25. The van der Waals surface area contributed by atoms with E-state index in [1.54, 1.807) is 36.4 Å². The van der Waals surface area contributed by atoms with E-state index in [2.05, 4.69) is 10.6 Å². The zero-order valence-electron chi connectivity index (χ0n) is 12.2. The molecule has 0 atom stereocenters. The molecule has 24 heavy (non-hydrogen) atoms. The van der Waals surface area contributed by atoms with Crippen molar-refractivity contribution in [2.75, 3.05) is 10.6 Å². The third kappa shape index (κ3) is 4.27. The molecule has 2 aromatic rings. The SMILES string of the molecule is N#C/C(=C/Nc1ccccc1C#N)C(=O)Nc1cc(Cl)ccc1Cl. The summed E-state index contributed by atoms with van der Waals surface area (Å²) < 4.78 is 0. The minimum Gasteiger partial charge on any atom is -0.359 e. The van der Waals surface area contributed by atoms with E-state index in [1.807, 2.05) is 6.07 Å². The maximum absolute atomic E-state index is 12.2. The molecule has 0 aliphatic heterocycles. The van der Waals surface area contributed by atoms with Gasteiger partial charge in [-0.2, -0.15) is 10.5 Å². The second kappa shape index (κ2) is 8.03. The van der Waals surface area contributed by atoms with Crippen molar-refractivity contribution in [1.29, 1.82) is 10.5 Å². The molecule has 2 aromatic carbocycles. The Morgan fingerprint density at radius 1 is 1.08 bits per heavy atom. The van der Waals surface area contributed by atoms with E-state index < -0.39 is 5.91 Å². The number of amides is 1. The van der Waals surface area contributed by atoms with Crippen LogP contribution in [0, 0.1) is 22.7 Å². The first-order valence-electron chi connectivity index (χ1n) is 6.67. The van der Waals surface area contributed by atoms with Crippen LogP contribution in [0.1, 0.15) is 5.56 Å². The first kappa shape index (κ1) is 17.4. The van der Waals surface area contributed by atoms with E-state index in [-0.39, 0.29) is 5.57 Å². The van der Waals surface area contributed by atoms with Gasteiger partial charge in [0.25, 0.3) is 5.91 Å². The molecular formula is C17H10Cl2N4O. The molecule has 2 rings (SSSR count). The van der Waals surface area contributed by atoms with E-state index in [1.165, 1.54) is 18.3 Å². The number of nitrogens with one attached hydrogen (secondary N) is 2. The number of benzene rings is 2. The smallest absolute Gasteiger partial charge is 0.267 e. The Labute approximate surface area is 148 Å². The highest BCUT2D eigenvalue weighted by Gasteiger charge is 2.12. The van der Waals surface area contributed by atoms with Gasteiger partial charge < -0.3 is 10.6 Å². The third-order valence-corrected chi connectivity index (χ3v) is 3.53. The van der Waals surface area contributed by atoms with E-state index in [0.717, 1.165) is 0 Å². The van der Waals surface area contributed by atoms with Gasteiger partial charge in [0.2, 0.25) is 0 Å². The van der Waals surface area contributed by atoms with Crippen molar-refractivity contribution in [3.63, 3.8) is 0 Å². The van der Waals surface area contributed by atoms with Crippen LogP contribution >= 0.6 is 23.2 Å². The van der Waals surface area contributed by atoms with Crippen LogP contribution < -0.4 is 10.6 Å². The molecule has 0 spiro atoms. The van der Waals surface area contributed by atoms with Gasteiger partial charge in [0.05, 0.1) is 22.0 Å². The van der Waals surface area contributed by atoms with Crippen molar-refractivity contribution >= 4 is 40.5 Å². The summed E-state index contributed by atoms with van der Waals surface area (Å²) in [5.74, 6) is -0.649. The first-order valence-corrected chi connectivity index (χ1v) is 7.43. The fraction of sp³-hybridized carbons (Fsp3) is 0. The van der Waals surface area contributed by atoms with Gasteiger partial charge in [-0.15, -0.1) is 0 Å². The average Bonchev–Trinajstić information content (AvgIpc) is 2.59. The predicted molar refractivity (Wildman–Crippen MR) is 93.6 cm³/mol. The van der Waals surface area contributed by atoms with Gasteiger partial charge in [0, 0.05) is 11.2 Å². The molecule has 0 heterocycles. The number of nitrogens with zero attached hydrogens (tertiary/aromatic N) is 2. The van der Waals surface area contributed by atoms with Crippen LogP contribution in [0.15, 0.2) is 54.2 Å². The Morgan fingerprint density at radius 2 is 1.83 bits per heavy atom. The molecule has 0 aromatic heterocycles. The van der Waals surface area contributed by atoms with Crippen molar-refractivity contribution in [3.8, 4) is 12.1 Å². The van der Waals surface area contributed by atoms with Gasteiger partial charge in [-0.25, -0.2) is 0 Å². The van der Waals surface area contributed by atoms with Crippen LogP contribution in [0.25, 0.3) is 0 Å². The molecule has 0 unspecified atom stereocenters. The Morgan fingerprint density at radius 3 is 2.54 bits per heavy atom. The highest BCUT2D eigenvalue weighted by molar-refractivity contribution is 6.35. The molecule has 0 fully saturated rings. The van der Waals surface area contributed by atoms with Gasteiger partial charge in [0.15, 0.2) is 0 Å². The van der Waals surface area contributed by atoms with Crippen LogP contribution in [0.3, 0.4) is 0 Å². The van der Waals surface area contributed by atoms with Crippen molar-refractivity contribution in [2.45, 2.75) is 0 Å².